The molecule has 3 aromatic carbocycles. The van der Waals surface area contributed by atoms with Crippen LogP contribution >= 0.6 is 0 Å². The highest BCUT2D eigenvalue weighted by Crippen LogP contribution is 2.55. The van der Waals surface area contributed by atoms with Gasteiger partial charge in [-0.15, -0.1) is 0 Å². The van der Waals surface area contributed by atoms with Gasteiger partial charge in [-0.05, 0) is 57.6 Å². The van der Waals surface area contributed by atoms with Crippen LogP contribution < -0.4 is 0 Å². The van der Waals surface area contributed by atoms with Gasteiger partial charge in [0.15, 0.2) is 0 Å². The molecule has 0 saturated heterocycles. The third-order valence-corrected chi connectivity index (χ3v) is 5.53. The molecule has 2 N–H and O–H groups in total. The van der Waals surface area contributed by atoms with Crippen molar-refractivity contribution < 1.29 is 19.8 Å². The molecule has 3 aromatic rings. The van der Waals surface area contributed by atoms with Gasteiger partial charge < -0.3 is 10.2 Å². The first-order valence-electron chi connectivity index (χ1n) is 8.39. The molecule has 0 heterocycles. The van der Waals surface area contributed by atoms with E-state index >= 15 is 0 Å². The smallest absolute Gasteiger partial charge is 0.335 e. The lowest BCUT2D eigenvalue weighted by atomic mass is 9.61. The van der Waals surface area contributed by atoms with Crippen molar-refractivity contribution in [2.75, 3.05) is 0 Å². The van der Waals surface area contributed by atoms with E-state index in [2.05, 4.69) is 12.1 Å². The first-order valence-corrected chi connectivity index (χ1v) is 8.39. The number of aromatic carboxylic acids is 2. The predicted octanol–water partition coefficient (Wildman–Crippen LogP) is 4.07. The van der Waals surface area contributed by atoms with Gasteiger partial charge in [0.05, 0.1) is 11.1 Å². The molecule has 4 heteroatoms. The van der Waals surface area contributed by atoms with Crippen LogP contribution in [0.5, 0.6) is 0 Å². The van der Waals surface area contributed by atoms with Gasteiger partial charge >= 0.3 is 11.9 Å². The third-order valence-electron chi connectivity index (χ3n) is 5.53. The molecule has 2 bridgehead atoms. The van der Waals surface area contributed by atoms with Crippen LogP contribution in [0.25, 0.3) is 0 Å². The number of hydrogen-bond acceptors (Lipinski definition) is 2. The quantitative estimate of drug-likeness (QED) is 0.507. The molecule has 26 heavy (non-hydrogen) atoms. The molecule has 3 aliphatic rings. The number of hydrogen-bond donors (Lipinski definition) is 2. The van der Waals surface area contributed by atoms with Crippen molar-refractivity contribution >= 4 is 11.9 Å². The highest BCUT2D eigenvalue weighted by atomic mass is 16.4. The maximum Gasteiger partial charge on any atom is 0.335 e. The minimum atomic E-state index is -0.941. The van der Waals surface area contributed by atoms with Gasteiger partial charge in [-0.1, -0.05) is 36.4 Å². The minimum absolute atomic E-state index is 0.0663. The molecule has 126 valence electrons. The summed E-state index contributed by atoms with van der Waals surface area (Å²) in [6.45, 7) is 0. The average Bonchev–Trinajstić information content (AvgIpc) is 2.66. The SMILES string of the molecule is O=C(O)c1ccc2c(c1)[C@@H]1c3ccccc3[C@H]2c2cc(C(=O)O)ccc21. The summed E-state index contributed by atoms with van der Waals surface area (Å²) in [6.07, 6.45) is 0. The summed E-state index contributed by atoms with van der Waals surface area (Å²) >= 11 is 0. The summed E-state index contributed by atoms with van der Waals surface area (Å²) in [5.74, 6) is -2.01. The van der Waals surface area contributed by atoms with Crippen LogP contribution in [-0.2, 0) is 0 Å². The molecule has 6 rings (SSSR count). The largest absolute Gasteiger partial charge is 0.478 e. The van der Waals surface area contributed by atoms with Crippen LogP contribution in [0.2, 0.25) is 0 Å². The molecule has 0 aromatic heterocycles. The van der Waals surface area contributed by atoms with E-state index in [0.29, 0.717) is 0 Å². The first-order chi connectivity index (χ1) is 12.6. The van der Waals surface area contributed by atoms with Gasteiger partial charge in [0.2, 0.25) is 0 Å². The highest BCUT2D eigenvalue weighted by Gasteiger charge is 2.41. The van der Waals surface area contributed by atoms with Crippen molar-refractivity contribution in [3.05, 3.63) is 105 Å². The Morgan fingerprint density at radius 3 is 1.35 bits per heavy atom. The number of benzene rings is 3. The van der Waals surface area contributed by atoms with Crippen LogP contribution in [0, 0.1) is 0 Å². The molecule has 0 saturated carbocycles. The summed E-state index contributed by atoms with van der Waals surface area (Å²) in [5.41, 5.74) is 7.03. The van der Waals surface area contributed by atoms with E-state index in [9.17, 15) is 19.8 Å². The Kier molecular flexibility index (Phi) is 2.89. The van der Waals surface area contributed by atoms with E-state index in [-0.39, 0.29) is 23.0 Å². The molecule has 4 nitrogen and oxygen atoms in total. The van der Waals surface area contributed by atoms with Crippen molar-refractivity contribution in [1.29, 1.82) is 0 Å². The number of rotatable bonds is 2. The van der Waals surface area contributed by atoms with Gasteiger partial charge in [-0.25, -0.2) is 9.59 Å². The van der Waals surface area contributed by atoms with Gasteiger partial charge in [-0.3, -0.25) is 0 Å². The molecule has 0 spiro atoms. The van der Waals surface area contributed by atoms with Crippen LogP contribution in [0.4, 0.5) is 0 Å². The zero-order chi connectivity index (χ0) is 18.0. The second kappa shape index (κ2) is 5.05. The van der Waals surface area contributed by atoms with Crippen molar-refractivity contribution in [1.82, 2.24) is 0 Å². The lowest BCUT2D eigenvalue weighted by molar-refractivity contribution is 0.0685. The molecule has 0 radical (unpaired) electrons. The van der Waals surface area contributed by atoms with Crippen LogP contribution in [0.1, 0.15) is 65.9 Å². The van der Waals surface area contributed by atoms with Crippen LogP contribution in [0.15, 0.2) is 60.7 Å². The molecule has 3 aliphatic carbocycles. The van der Waals surface area contributed by atoms with E-state index in [0.717, 1.165) is 22.3 Å². The van der Waals surface area contributed by atoms with Crippen molar-refractivity contribution in [3.8, 4) is 0 Å². The highest BCUT2D eigenvalue weighted by molar-refractivity contribution is 5.90. The normalized spacial score (nSPS) is 18.6. The Hall–Kier alpha value is -3.40. The summed E-state index contributed by atoms with van der Waals surface area (Å²) in [6, 6.07) is 18.7. The molecule has 0 fully saturated rings. The minimum Gasteiger partial charge on any atom is -0.478 e. The van der Waals surface area contributed by atoms with Crippen molar-refractivity contribution in [2.45, 2.75) is 11.8 Å². The lowest BCUT2D eigenvalue weighted by Crippen LogP contribution is -2.28. The van der Waals surface area contributed by atoms with Gasteiger partial charge in [0.1, 0.15) is 0 Å². The molecular weight excluding hydrogens is 328 g/mol. The maximum atomic E-state index is 11.4. The summed E-state index contributed by atoms with van der Waals surface area (Å²) in [5, 5.41) is 18.8. The first kappa shape index (κ1) is 14.9. The summed E-state index contributed by atoms with van der Waals surface area (Å²) < 4.78 is 0. The Morgan fingerprint density at radius 1 is 0.577 bits per heavy atom. The van der Waals surface area contributed by atoms with E-state index in [1.807, 2.05) is 24.3 Å². The molecule has 2 atom stereocenters. The zero-order valence-electron chi connectivity index (χ0n) is 13.6. The van der Waals surface area contributed by atoms with Crippen molar-refractivity contribution in [3.63, 3.8) is 0 Å². The van der Waals surface area contributed by atoms with Crippen molar-refractivity contribution in [2.24, 2.45) is 0 Å². The fraction of sp³-hybridized carbons (Fsp3) is 0.0909. The van der Waals surface area contributed by atoms with E-state index in [4.69, 9.17) is 0 Å². The second-order valence-corrected chi connectivity index (χ2v) is 6.79. The Bertz CT molecular complexity index is 1020. The fourth-order valence-corrected chi connectivity index (χ4v) is 4.48. The molecule has 0 aliphatic heterocycles. The Labute approximate surface area is 149 Å². The fourth-order valence-electron chi connectivity index (χ4n) is 4.48. The molecule has 0 unspecified atom stereocenters. The average molecular weight is 342 g/mol. The van der Waals surface area contributed by atoms with E-state index in [1.165, 1.54) is 11.1 Å². The Balaban J connectivity index is 1.83. The molecular formula is C22H14O4. The molecule has 0 amide bonds. The van der Waals surface area contributed by atoms with Gasteiger partial charge in [0.25, 0.3) is 0 Å². The van der Waals surface area contributed by atoms with Gasteiger partial charge in [-0.2, -0.15) is 0 Å². The number of carboxylic acid groups (broad SMARTS) is 2. The van der Waals surface area contributed by atoms with Crippen LogP contribution in [0.3, 0.4) is 0 Å². The standard InChI is InChI=1S/C22H14O4/c23-21(24)11-6-8-16-17(9-11)19-13-3-1-2-4-14(13)20(16)18-10-12(22(25)26)5-7-15(18)19/h1-10,19-20H,(H,23,24)(H,25,26)/t19-,20-/m1/s1. The lowest BCUT2D eigenvalue weighted by Gasteiger charge is -2.42. The number of carbonyl (C=O) groups is 2. The Morgan fingerprint density at radius 2 is 0.962 bits per heavy atom. The zero-order valence-corrected chi connectivity index (χ0v) is 13.6. The van der Waals surface area contributed by atoms with E-state index < -0.39 is 11.9 Å². The number of carboxylic acids is 2. The monoisotopic (exact) mass is 342 g/mol. The van der Waals surface area contributed by atoms with Gasteiger partial charge in [0, 0.05) is 11.8 Å². The van der Waals surface area contributed by atoms with E-state index in [1.54, 1.807) is 24.3 Å². The summed E-state index contributed by atoms with van der Waals surface area (Å²) in [7, 11) is 0. The maximum absolute atomic E-state index is 11.4. The third kappa shape index (κ3) is 1.84. The second-order valence-electron chi connectivity index (χ2n) is 6.79. The predicted molar refractivity (Wildman–Crippen MR) is 95.1 cm³/mol. The topological polar surface area (TPSA) is 74.6 Å². The summed E-state index contributed by atoms with van der Waals surface area (Å²) in [4.78, 5) is 22.9. The van der Waals surface area contributed by atoms with Crippen LogP contribution in [-0.4, -0.2) is 22.2 Å².